The van der Waals surface area contributed by atoms with Gasteiger partial charge in [-0.2, -0.15) is 0 Å². The number of ketones is 1. The highest BCUT2D eigenvalue weighted by molar-refractivity contribution is 14.1. The van der Waals surface area contributed by atoms with E-state index < -0.39 is 11.5 Å². The second-order valence-corrected chi connectivity index (χ2v) is 8.69. The third-order valence-electron chi connectivity index (χ3n) is 5.05. The van der Waals surface area contributed by atoms with Crippen LogP contribution in [0.25, 0.3) is 0 Å². The summed E-state index contributed by atoms with van der Waals surface area (Å²) in [5, 5.41) is 11.9. The Morgan fingerprint density at radius 2 is 1.76 bits per heavy atom. The van der Waals surface area contributed by atoms with Crippen molar-refractivity contribution in [2.45, 2.75) is 18.6 Å². The van der Waals surface area contributed by atoms with Crippen LogP contribution >= 0.6 is 34.2 Å². The molecule has 0 saturated heterocycles. The van der Waals surface area contributed by atoms with E-state index in [1.807, 2.05) is 30.3 Å². The van der Waals surface area contributed by atoms with Crippen LogP contribution in [0.3, 0.4) is 0 Å². The molecule has 1 heterocycles. The molecule has 4 nitrogen and oxygen atoms in total. The maximum absolute atomic E-state index is 13.3. The number of aliphatic hydroxyl groups is 1. The molecule has 6 heteroatoms. The summed E-state index contributed by atoms with van der Waals surface area (Å²) in [5.74, 6) is -0.783. The molecule has 1 aliphatic heterocycles. The number of rotatable bonds is 5. The van der Waals surface area contributed by atoms with Crippen LogP contribution in [-0.4, -0.2) is 16.8 Å². The number of carbonyl (C=O) groups excluding carboxylic acids is 2. The molecule has 0 fully saturated rings. The largest absolute Gasteiger partial charge is 0.375 e. The van der Waals surface area contributed by atoms with Gasteiger partial charge >= 0.3 is 0 Å². The average Bonchev–Trinajstić information content (AvgIpc) is 2.91. The van der Waals surface area contributed by atoms with Crippen molar-refractivity contribution in [2.75, 3.05) is 4.90 Å². The molecule has 1 aliphatic rings. The minimum Gasteiger partial charge on any atom is -0.375 e. The summed E-state index contributed by atoms with van der Waals surface area (Å²) in [6.07, 6.45) is -0.310. The molecule has 0 aromatic heterocycles. The van der Waals surface area contributed by atoms with Crippen LogP contribution in [0.15, 0.2) is 72.8 Å². The van der Waals surface area contributed by atoms with E-state index >= 15 is 0 Å². The first-order valence-electron chi connectivity index (χ1n) is 9.05. The van der Waals surface area contributed by atoms with Gasteiger partial charge in [0, 0.05) is 19.7 Å². The number of hydrogen-bond donors (Lipinski definition) is 1. The van der Waals surface area contributed by atoms with Gasteiger partial charge in [-0.25, -0.2) is 0 Å². The van der Waals surface area contributed by atoms with Crippen LogP contribution in [0, 0.1) is 3.57 Å². The zero-order valence-electron chi connectivity index (χ0n) is 15.3. The van der Waals surface area contributed by atoms with E-state index in [0.29, 0.717) is 21.8 Å². The molecule has 4 rings (SSSR count). The monoisotopic (exact) mass is 517 g/mol. The lowest BCUT2D eigenvalue weighted by molar-refractivity contribution is -0.136. The second-order valence-electron chi connectivity index (χ2n) is 7.01. The summed E-state index contributed by atoms with van der Waals surface area (Å²) in [5.41, 5.74) is 0.475. The van der Waals surface area contributed by atoms with Gasteiger partial charge in [-0.3, -0.25) is 9.59 Å². The molecule has 1 unspecified atom stereocenters. The van der Waals surface area contributed by atoms with Gasteiger partial charge in [0.2, 0.25) is 0 Å². The van der Waals surface area contributed by atoms with Crippen molar-refractivity contribution in [1.82, 2.24) is 0 Å². The summed E-state index contributed by atoms with van der Waals surface area (Å²) in [4.78, 5) is 27.6. The molecule has 0 bridgehead atoms. The normalized spacial score (nSPS) is 18.0. The molecule has 0 saturated carbocycles. The summed E-state index contributed by atoms with van der Waals surface area (Å²) in [6.45, 7) is 0.260. The Bertz CT molecular complexity index is 1100. The Hall–Kier alpha value is -2.22. The van der Waals surface area contributed by atoms with E-state index in [-0.39, 0.29) is 18.7 Å². The molecule has 0 radical (unpaired) electrons. The maximum atomic E-state index is 13.3. The van der Waals surface area contributed by atoms with Crippen molar-refractivity contribution in [3.05, 3.63) is 98.1 Å². The van der Waals surface area contributed by atoms with Crippen LogP contribution in [0.5, 0.6) is 0 Å². The molecular weight excluding hydrogens is 501 g/mol. The van der Waals surface area contributed by atoms with Gasteiger partial charge < -0.3 is 10.0 Å². The molecule has 3 aromatic carbocycles. The maximum Gasteiger partial charge on any atom is 0.264 e. The molecule has 1 atom stereocenters. The lowest BCUT2D eigenvalue weighted by atomic mass is 9.88. The molecule has 3 aromatic rings. The standard InChI is InChI=1S/C23H17ClINO3/c24-17-5-3-4-15(12-17)14-26-20-7-2-1-6-19(20)23(29,22(26)28)13-21(27)16-8-10-18(25)11-9-16/h1-12,29H,13-14H2. The number of para-hydroxylation sites is 1. The number of fused-ring (bicyclic) bond motifs is 1. The lowest BCUT2D eigenvalue weighted by Crippen LogP contribution is -2.41. The Kier molecular flexibility index (Phi) is 5.46. The van der Waals surface area contributed by atoms with Crippen molar-refractivity contribution in [1.29, 1.82) is 0 Å². The van der Waals surface area contributed by atoms with Gasteiger partial charge in [0.05, 0.1) is 18.7 Å². The smallest absolute Gasteiger partial charge is 0.264 e. The van der Waals surface area contributed by atoms with Gasteiger partial charge in [-0.05, 0) is 58.5 Å². The van der Waals surface area contributed by atoms with Crippen molar-refractivity contribution in [3.8, 4) is 0 Å². The van der Waals surface area contributed by atoms with Crippen LogP contribution in [0.1, 0.15) is 27.9 Å². The first-order valence-corrected chi connectivity index (χ1v) is 10.5. The van der Waals surface area contributed by atoms with Gasteiger partial charge in [-0.1, -0.05) is 54.1 Å². The van der Waals surface area contributed by atoms with Gasteiger partial charge in [0.25, 0.3) is 5.91 Å². The lowest BCUT2D eigenvalue weighted by Gasteiger charge is -2.23. The van der Waals surface area contributed by atoms with E-state index in [2.05, 4.69) is 22.6 Å². The first-order chi connectivity index (χ1) is 13.9. The SMILES string of the molecule is O=C(CC1(O)C(=O)N(Cc2cccc(Cl)c2)c2ccccc21)c1ccc(I)cc1. The second kappa shape index (κ2) is 7.89. The molecule has 29 heavy (non-hydrogen) atoms. The summed E-state index contributed by atoms with van der Waals surface area (Å²) in [6, 6.07) is 21.4. The fourth-order valence-electron chi connectivity index (χ4n) is 3.62. The summed E-state index contributed by atoms with van der Waals surface area (Å²) < 4.78 is 1.01. The topological polar surface area (TPSA) is 57.6 Å². The molecule has 1 N–H and O–H groups in total. The summed E-state index contributed by atoms with van der Waals surface area (Å²) in [7, 11) is 0. The number of carbonyl (C=O) groups is 2. The quantitative estimate of drug-likeness (QED) is 0.385. The van der Waals surface area contributed by atoms with Crippen LogP contribution in [-0.2, 0) is 16.9 Å². The number of amides is 1. The van der Waals surface area contributed by atoms with Gasteiger partial charge in [0.15, 0.2) is 11.4 Å². The van der Waals surface area contributed by atoms with Crippen molar-refractivity contribution in [3.63, 3.8) is 0 Å². The number of halogens is 2. The summed E-state index contributed by atoms with van der Waals surface area (Å²) >= 11 is 8.23. The molecule has 146 valence electrons. The molecular formula is C23H17ClINO3. The number of benzene rings is 3. The van der Waals surface area contributed by atoms with Gasteiger partial charge in [0.1, 0.15) is 0 Å². The molecule has 0 spiro atoms. The predicted molar refractivity (Wildman–Crippen MR) is 121 cm³/mol. The number of hydrogen-bond acceptors (Lipinski definition) is 3. The zero-order chi connectivity index (χ0) is 20.6. The van der Waals surface area contributed by atoms with E-state index in [1.165, 1.54) is 4.90 Å². The van der Waals surface area contributed by atoms with Crippen LogP contribution in [0.2, 0.25) is 5.02 Å². The highest BCUT2D eigenvalue weighted by atomic mass is 127. The van der Waals surface area contributed by atoms with E-state index in [0.717, 1.165) is 9.13 Å². The number of Topliss-reactive ketones (excluding diaryl/α,β-unsaturated/α-hetero) is 1. The fourth-order valence-corrected chi connectivity index (χ4v) is 4.19. The minimum absolute atomic E-state index is 0.260. The van der Waals surface area contributed by atoms with Crippen LogP contribution in [0.4, 0.5) is 5.69 Å². The Morgan fingerprint density at radius 3 is 2.48 bits per heavy atom. The number of anilines is 1. The van der Waals surface area contributed by atoms with Crippen molar-refractivity contribution >= 4 is 51.6 Å². The predicted octanol–water partition coefficient (Wildman–Crippen LogP) is 4.95. The fraction of sp³-hybridized carbons (Fsp3) is 0.130. The van der Waals surface area contributed by atoms with Crippen molar-refractivity contribution < 1.29 is 14.7 Å². The Labute approximate surface area is 187 Å². The van der Waals surface area contributed by atoms with E-state index in [4.69, 9.17) is 11.6 Å². The minimum atomic E-state index is -1.89. The Balaban J connectivity index is 1.67. The Morgan fingerprint density at radius 1 is 1.03 bits per heavy atom. The van der Waals surface area contributed by atoms with E-state index in [1.54, 1.807) is 42.5 Å². The third-order valence-corrected chi connectivity index (χ3v) is 6.01. The van der Waals surface area contributed by atoms with Gasteiger partial charge in [-0.15, -0.1) is 0 Å². The van der Waals surface area contributed by atoms with Crippen molar-refractivity contribution in [2.24, 2.45) is 0 Å². The first kappa shape index (κ1) is 20.1. The molecule has 0 aliphatic carbocycles. The average molecular weight is 518 g/mol. The van der Waals surface area contributed by atoms with Crippen LogP contribution < -0.4 is 4.90 Å². The molecule has 1 amide bonds. The van der Waals surface area contributed by atoms with E-state index in [9.17, 15) is 14.7 Å². The zero-order valence-corrected chi connectivity index (χ0v) is 18.2. The highest BCUT2D eigenvalue weighted by Crippen LogP contribution is 2.43. The third kappa shape index (κ3) is 3.82. The number of nitrogens with zero attached hydrogens (tertiary/aromatic N) is 1. The highest BCUT2D eigenvalue weighted by Gasteiger charge is 2.50.